The standard InChI is InChI=1S/C25H28N2O3/c1-18-22(26-23(30-18)19-10-5-4-6-11-19)17-29-21-13-9-12-20(16-21)25(2,3)24(28)27-14-7-8-15-27/h4-6,9-13,16H,7-8,14-15,17H2,1-3H3. The van der Waals surface area contributed by atoms with Crippen LogP contribution in [0.1, 0.15) is 43.7 Å². The number of likely N-dealkylation sites (tertiary alicyclic amines) is 1. The van der Waals surface area contributed by atoms with Crippen molar-refractivity contribution >= 4 is 5.91 Å². The summed E-state index contributed by atoms with van der Waals surface area (Å²) in [4.78, 5) is 19.6. The maximum Gasteiger partial charge on any atom is 0.232 e. The van der Waals surface area contributed by atoms with Crippen LogP contribution < -0.4 is 4.74 Å². The number of oxazole rings is 1. The third kappa shape index (κ3) is 4.11. The van der Waals surface area contributed by atoms with Crippen LogP contribution in [-0.2, 0) is 16.8 Å². The fourth-order valence-electron chi connectivity index (χ4n) is 3.83. The van der Waals surface area contributed by atoms with E-state index < -0.39 is 5.41 Å². The predicted molar refractivity (Wildman–Crippen MR) is 116 cm³/mol. The van der Waals surface area contributed by atoms with Crippen LogP contribution in [0.5, 0.6) is 5.75 Å². The second-order valence-corrected chi connectivity index (χ2v) is 8.33. The monoisotopic (exact) mass is 404 g/mol. The largest absolute Gasteiger partial charge is 0.487 e. The molecule has 2 aromatic carbocycles. The lowest BCUT2D eigenvalue weighted by Gasteiger charge is -2.29. The number of hydrogen-bond acceptors (Lipinski definition) is 4. The first-order valence-electron chi connectivity index (χ1n) is 10.5. The van der Waals surface area contributed by atoms with Gasteiger partial charge in [-0.2, -0.15) is 0 Å². The molecule has 156 valence electrons. The van der Waals surface area contributed by atoms with Crippen LogP contribution in [0.15, 0.2) is 59.0 Å². The molecule has 0 bridgehead atoms. The molecule has 0 atom stereocenters. The maximum absolute atomic E-state index is 13.0. The Kier molecular flexibility index (Phi) is 5.62. The van der Waals surface area contributed by atoms with Crippen molar-refractivity contribution < 1.29 is 13.9 Å². The summed E-state index contributed by atoms with van der Waals surface area (Å²) in [6.07, 6.45) is 2.18. The van der Waals surface area contributed by atoms with Gasteiger partial charge < -0.3 is 14.1 Å². The summed E-state index contributed by atoms with van der Waals surface area (Å²) < 4.78 is 11.8. The summed E-state index contributed by atoms with van der Waals surface area (Å²) in [7, 11) is 0. The minimum atomic E-state index is -0.589. The SMILES string of the molecule is Cc1oc(-c2ccccc2)nc1COc1cccc(C(C)(C)C(=O)N2CCCC2)c1. The fraction of sp³-hybridized carbons (Fsp3) is 0.360. The van der Waals surface area contributed by atoms with Crippen LogP contribution in [0.2, 0.25) is 0 Å². The molecule has 4 rings (SSSR count). The first-order valence-corrected chi connectivity index (χ1v) is 10.5. The van der Waals surface area contributed by atoms with E-state index in [-0.39, 0.29) is 5.91 Å². The average Bonchev–Trinajstić information content (AvgIpc) is 3.42. The molecule has 1 aliphatic heterocycles. The number of aromatic nitrogens is 1. The molecule has 0 spiro atoms. The van der Waals surface area contributed by atoms with Gasteiger partial charge in [0.25, 0.3) is 0 Å². The molecule has 0 radical (unpaired) electrons. The number of carbonyl (C=O) groups is 1. The van der Waals surface area contributed by atoms with E-state index in [1.54, 1.807) is 0 Å². The van der Waals surface area contributed by atoms with Crippen molar-refractivity contribution in [2.24, 2.45) is 0 Å². The van der Waals surface area contributed by atoms with Gasteiger partial charge in [0.2, 0.25) is 11.8 Å². The smallest absolute Gasteiger partial charge is 0.232 e. The van der Waals surface area contributed by atoms with E-state index in [9.17, 15) is 4.79 Å². The topological polar surface area (TPSA) is 55.6 Å². The van der Waals surface area contributed by atoms with Crippen molar-refractivity contribution in [2.75, 3.05) is 13.1 Å². The van der Waals surface area contributed by atoms with Gasteiger partial charge in [0, 0.05) is 18.7 Å². The van der Waals surface area contributed by atoms with Crippen LogP contribution in [-0.4, -0.2) is 28.9 Å². The highest BCUT2D eigenvalue weighted by molar-refractivity contribution is 5.87. The van der Waals surface area contributed by atoms with Crippen molar-refractivity contribution in [2.45, 2.75) is 45.6 Å². The molecule has 30 heavy (non-hydrogen) atoms. The number of rotatable bonds is 6. The van der Waals surface area contributed by atoms with Gasteiger partial charge in [-0.05, 0) is 63.4 Å². The van der Waals surface area contributed by atoms with Gasteiger partial charge in [0.15, 0.2) is 0 Å². The Labute approximate surface area is 177 Å². The van der Waals surface area contributed by atoms with E-state index in [1.807, 2.05) is 80.3 Å². The second kappa shape index (κ2) is 8.34. The van der Waals surface area contributed by atoms with Crippen molar-refractivity contribution in [3.05, 3.63) is 71.6 Å². The molecule has 5 heteroatoms. The second-order valence-electron chi connectivity index (χ2n) is 8.33. The minimum Gasteiger partial charge on any atom is -0.487 e. The van der Waals surface area contributed by atoms with E-state index >= 15 is 0 Å². The summed E-state index contributed by atoms with van der Waals surface area (Å²) in [5, 5.41) is 0. The predicted octanol–water partition coefficient (Wildman–Crippen LogP) is 5.13. The Balaban J connectivity index is 1.47. The van der Waals surface area contributed by atoms with Gasteiger partial charge in [-0.15, -0.1) is 0 Å². The van der Waals surface area contributed by atoms with Gasteiger partial charge in [-0.1, -0.05) is 30.3 Å². The highest BCUT2D eigenvalue weighted by Crippen LogP contribution is 2.30. The highest BCUT2D eigenvalue weighted by Gasteiger charge is 2.35. The average molecular weight is 405 g/mol. The zero-order valence-electron chi connectivity index (χ0n) is 17.9. The molecule has 0 N–H and O–H groups in total. The van der Waals surface area contributed by atoms with Crippen molar-refractivity contribution in [1.29, 1.82) is 0 Å². The Hall–Kier alpha value is -3.08. The van der Waals surface area contributed by atoms with Crippen LogP contribution in [0.4, 0.5) is 0 Å². The van der Waals surface area contributed by atoms with Gasteiger partial charge in [0.1, 0.15) is 23.8 Å². The molecule has 0 aliphatic carbocycles. The molecule has 1 amide bonds. The Morgan fingerprint density at radius 1 is 1.10 bits per heavy atom. The number of benzene rings is 2. The van der Waals surface area contributed by atoms with Gasteiger partial charge in [-0.25, -0.2) is 4.98 Å². The minimum absolute atomic E-state index is 0.178. The Morgan fingerprint density at radius 3 is 2.57 bits per heavy atom. The summed E-state index contributed by atoms with van der Waals surface area (Å²) in [6, 6.07) is 17.6. The molecule has 2 heterocycles. The van der Waals surface area contributed by atoms with E-state index in [0.717, 1.165) is 54.3 Å². The van der Waals surface area contributed by atoms with E-state index in [1.165, 1.54) is 0 Å². The number of carbonyl (C=O) groups excluding carboxylic acids is 1. The lowest BCUT2D eigenvalue weighted by molar-refractivity contribution is -0.135. The zero-order chi connectivity index (χ0) is 21.1. The third-order valence-electron chi connectivity index (χ3n) is 5.77. The van der Waals surface area contributed by atoms with Crippen molar-refractivity contribution in [3.63, 3.8) is 0 Å². The highest BCUT2D eigenvalue weighted by atomic mass is 16.5. The van der Waals surface area contributed by atoms with E-state index in [2.05, 4.69) is 4.98 Å². The lowest BCUT2D eigenvalue weighted by atomic mass is 9.83. The number of ether oxygens (including phenoxy) is 1. The van der Waals surface area contributed by atoms with Gasteiger partial charge in [0.05, 0.1) is 5.41 Å². The number of hydrogen-bond donors (Lipinski definition) is 0. The molecule has 0 saturated carbocycles. The summed E-state index contributed by atoms with van der Waals surface area (Å²) in [5.41, 5.74) is 2.08. The number of amides is 1. The number of nitrogens with zero attached hydrogens (tertiary/aromatic N) is 2. The van der Waals surface area contributed by atoms with E-state index in [0.29, 0.717) is 12.5 Å². The summed E-state index contributed by atoms with van der Waals surface area (Å²) >= 11 is 0. The molecule has 5 nitrogen and oxygen atoms in total. The van der Waals surface area contributed by atoms with Crippen molar-refractivity contribution in [1.82, 2.24) is 9.88 Å². The lowest BCUT2D eigenvalue weighted by Crippen LogP contribution is -2.41. The first-order chi connectivity index (χ1) is 14.4. The van der Waals surface area contributed by atoms with Crippen LogP contribution in [0.3, 0.4) is 0 Å². The fourth-order valence-corrected chi connectivity index (χ4v) is 3.83. The maximum atomic E-state index is 13.0. The number of aryl methyl sites for hydroxylation is 1. The molecule has 3 aromatic rings. The summed E-state index contributed by atoms with van der Waals surface area (Å²) in [6.45, 7) is 7.89. The Bertz CT molecular complexity index is 1020. The Morgan fingerprint density at radius 2 is 1.83 bits per heavy atom. The normalized spacial score (nSPS) is 14.2. The quantitative estimate of drug-likeness (QED) is 0.572. The third-order valence-corrected chi connectivity index (χ3v) is 5.77. The van der Waals surface area contributed by atoms with Crippen LogP contribution in [0, 0.1) is 6.92 Å². The summed E-state index contributed by atoms with van der Waals surface area (Å²) in [5.74, 6) is 2.24. The molecular weight excluding hydrogens is 376 g/mol. The zero-order valence-corrected chi connectivity index (χ0v) is 17.9. The van der Waals surface area contributed by atoms with E-state index in [4.69, 9.17) is 9.15 Å². The van der Waals surface area contributed by atoms with Gasteiger partial charge >= 0.3 is 0 Å². The van der Waals surface area contributed by atoms with Crippen LogP contribution in [0.25, 0.3) is 11.5 Å². The molecule has 1 fully saturated rings. The van der Waals surface area contributed by atoms with Crippen molar-refractivity contribution in [3.8, 4) is 17.2 Å². The first kappa shape index (κ1) is 20.2. The molecule has 0 unspecified atom stereocenters. The molecule has 1 saturated heterocycles. The molecule has 1 aliphatic rings. The van der Waals surface area contributed by atoms with Gasteiger partial charge in [-0.3, -0.25) is 4.79 Å². The molecule has 1 aromatic heterocycles. The van der Waals surface area contributed by atoms with Crippen LogP contribution >= 0.6 is 0 Å². The molecular formula is C25H28N2O3.